The molecule has 0 saturated carbocycles. The zero-order valence-electron chi connectivity index (χ0n) is 16.6. The highest BCUT2D eigenvalue weighted by atomic mass is 16.6. The molecule has 29 heavy (non-hydrogen) atoms. The second kappa shape index (κ2) is 8.30. The first-order valence-electron chi connectivity index (χ1n) is 9.37. The lowest BCUT2D eigenvalue weighted by Gasteiger charge is -2.22. The van der Waals surface area contributed by atoms with E-state index in [4.69, 9.17) is 4.74 Å². The summed E-state index contributed by atoms with van der Waals surface area (Å²) in [4.78, 5) is 37.5. The van der Waals surface area contributed by atoms with Crippen molar-refractivity contribution in [3.63, 3.8) is 0 Å². The number of rotatable bonds is 6. The molecule has 0 radical (unpaired) electrons. The number of aryl methyl sites for hydroxylation is 2. The van der Waals surface area contributed by atoms with Crippen LogP contribution in [0, 0.1) is 23.0 Å². The summed E-state index contributed by atoms with van der Waals surface area (Å²) in [5, 5.41) is 13.7. The number of hydrogen-bond donors (Lipinski definition) is 1. The van der Waals surface area contributed by atoms with Gasteiger partial charge in [0, 0.05) is 24.7 Å². The van der Waals surface area contributed by atoms with Crippen LogP contribution >= 0.6 is 0 Å². The summed E-state index contributed by atoms with van der Waals surface area (Å²) in [5.41, 5.74) is 3.14. The van der Waals surface area contributed by atoms with Crippen molar-refractivity contribution in [2.45, 2.75) is 26.7 Å². The zero-order valence-corrected chi connectivity index (χ0v) is 16.6. The van der Waals surface area contributed by atoms with Gasteiger partial charge in [-0.05, 0) is 30.5 Å². The molecule has 0 aliphatic carbocycles. The number of non-ortho nitro benzene ring substituents is 1. The number of benzene rings is 2. The molecule has 1 saturated heterocycles. The molecule has 2 aromatic rings. The SMILES string of the molecule is CCc1cccc(C)c1N1CC(C(=O)Nc2ccc([N+](=O)[O-])cc2OC)CC1=O. The molecule has 1 aliphatic rings. The molecule has 8 heteroatoms. The van der Waals surface area contributed by atoms with E-state index < -0.39 is 10.8 Å². The summed E-state index contributed by atoms with van der Waals surface area (Å²) < 4.78 is 5.16. The molecule has 1 heterocycles. The number of nitro groups is 1. The third-order valence-corrected chi connectivity index (χ3v) is 5.12. The van der Waals surface area contributed by atoms with E-state index in [-0.39, 0.29) is 36.2 Å². The second-order valence-electron chi connectivity index (χ2n) is 6.97. The minimum absolute atomic E-state index is 0.0928. The highest BCUT2D eigenvalue weighted by Crippen LogP contribution is 2.33. The van der Waals surface area contributed by atoms with Crippen LogP contribution < -0.4 is 15.0 Å². The maximum atomic E-state index is 12.8. The van der Waals surface area contributed by atoms with Gasteiger partial charge in [-0.25, -0.2) is 0 Å². The fourth-order valence-corrected chi connectivity index (χ4v) is 3.62. The number of hydrogen-bond acceptors (Lipinski definition) is 5. The lowest BCUT2D eigenvalue weighted by molar-refractivity contribution is -0.384. The van der Waals surface area contributed by atoms with Crippen LogP contribution in [-0.2, 0) is 16.0 Å². The van der Waals surface area contributed by atoms with Gasteiger partial charge >= 0.3 is 0 Å². The number of nitrogens with one attached hydrogen (secondary N) is 1. The van der Waals surface area contributed by atoms with Crippen molar-refractivity contribution in [3.8, 4) is 5.75 Å². The Morgan fingerprint density at radius 3 is 2.76 bits per heavy atom. The predicted octanol–water partition coefficient (Wildman–Crippen LogP) is 3.47. The maximum absolute atomic E-state index is 12.8. The molecule has 152 valence electrons. The molecule has 1 unspecified atom stereocenters. The van der Waals surface area contributed by atoms with Crippen molar-refractivity contribution in [2.24, 2.45) is 5.92 Å². The number of nitrogens with zero attached hydrogens (tertiary/aromatic N) is 2. The second-order valence-corrected chi connectivity index (χ2v) is 6.97. The monoisotopic (exact) mass is 397 g/mol. The standard InChI is InChI=1S/C21H23N3O5/c1-4-14-7-5-6-13(2)20(14)23-12-15(10-19(23)25)21(26)22-17-9-8-16(24(27)28)11-18(17)29-3/h5-9,11,15H,4,10,12H2,1-3H3,(H,22,26). The van der Waals surface area contributed by atoms with Crippen LogP contribution in [0.15, 0.2) is 36.4 Å². The van der Waals surface area contributed by atoms with Crippen LogP contribution in [0.5, 0.6) is 5.75 Å². The van der Waals surface area contributed by atoms with E-state index in [0.717, 1.165) is 23.2 Å². The fourth-order valence-electron chi connectivity index (χ4n) is 3.62. The van der Waals surface area contributed by atoms with Crippen LogP contribution in [0.4, 0.5) is 17.1 Å². The number of para-hydroxylation sites is 1. The van der Waals surface area contributed by atoms with E-state index in [0.29, 0.717) is 5.69 Å². The number of amides is 2. The molecule has 8 nitrogen and oxygen atoms in total. The maximum Gasteiger partial charge on any atom is 0.273 e. The average molecular weight is 397 g/mol. The van der Waals surface area contributed by atoms with Crippen LogP contribution in [0.3, 0.4) is 0 Å². The summed E-state index contributed by atoms with van der Waals surface area (Å²) >= 11 is 0. The van der Waals surface area contributed by atoms with E-state index >= 15 is 0 Å². The van der Waals surface area contributed by atoms with Crippen molar-refractivity contribution in [2.75, 3.05) is 23.9 Å². The van der Waals surface area contributed by atoms with Crippen molar-refractivity contribution in [3.05, 3.63) is 57.6 Å². The van der Waals surface area contributed by atoms with E-state index in [9.17, 15) is 19.7 Å². The van der Waals surface area contributed by atoms with Gasteiger partial charge in [0.15, 0.2) is 0 Å². The Morgan fingerprint density at radius 1 is 1.34 bits per heavy atom. The lowest BCUT2D eigenvalue weighted by Crippen LogP contribution is -2.29. The Kier molecular flexibility index (Phi) is 5.81. The number of nitro benzene ring substituents is 1. The molecule has 2 aromatic carbocycles. The third-order valence-electron chi connectivity index (χ3n) is 5.12. The Labute approximate surface area is 168 Å². The minimum Gasteiger partial charge on any atom is -0.494 e. The molecule has 1 aliphatic heterocycles. The predicted molar refractivity (Wildman–Crippen MR) is 109 cm³/mol. The van der Waals surface area contributed by atoms with Crippen LogP contribution in [0.2, 0.25) is 0 Å². The van der Waals surface area contributed by atoms with E-state index in [1.165, 1.54) is 25.3 Å². The normalized spacial score (nSPS) is 16.0. The average Bonchev–Trinajstić information content (AvgIpc) is 3.09. The summed E-state index contributed by atoms with van der Waals surface area (Å²) in [5.74, 6) is -0.739. The van der Waals surface area contributed by atoms with Crippen molar-refractivity contribution in [1.82, 2.24) is 0 Å². The molecule has 0 aromatic heterocycles. The number of anilines is 2. The van der Waals surface area contributed by atoms with E-state index in [1.807, 2.05) is 32.0 Å². The van der Waals surface area contributed by atoms with E-state index in [1.54, 1.807) is 4.90 Å². The molecule has 1 N–H and O–H groups in total. The Balaban J connectivity index is 1.79. The van der Waals surface area contributed by atoms with Crippen LogP contribution in [0.1, 0.15) is 24.5 Å². The summed E-state index contributed by atoms with van der Waals surface area (Å²) in [7, 11) is 1.38. The van der Waals surface area contributed by atoms with Gasteiger partial charge in [0.05, 0.1) is 29.7 Å². The lowest BCUT2D eigenvalue weighted by atomic mass is 10.0. The topological polar surface area (TPSA) is 102 Å². The first kappa shape index (κ1) is 20.3. The molecule has 2 amide bonds. The van der Waals surface area contributed by atoms with Crippen molar-refractivity contribution >= 4 is 28.9 Å². The van der Waals surface area contributed by atoms with Gasteiger partial charge in [0.25, 0.3) is 5.69 Å². The highest BCUT2D eigenvalue weighted by molar-refractivity contribution is 6.04. The van der Waals surface area contributed by atoms with Crippen molar-refractivity contribution in [1.29, 1.82) is 0 Å². The van der Waals surface area contributed by atoms with Crippen LogP contribution in [0.25, 0.3) is 0 Å². The summed E-state index contributed by atoms with van der Waals surface area (Å²) in [6, 6.07) is 9.89. The molecule has 1 fully saturated rings. The Bertz CT molecular complexity index is 973. The molecule has 3 rings (SSSR count). The van der Waals surface area contributed by atoms with E-state index in [2.05, 4.69) is 5.32 Å². The number of methoxy groups -OCH3 is 1. The highest BCUT2D eigenvalue weighted by Gasteiger charge is 2.36. The number of carbonyl (C=O) groups is 2. The van der Waals surface area contributed by atoms with Gasteiger partial charge < -0.3 is 15.0 Å². The largest absolute Gasteiger partial charge is 0.494 e. The van der Waals surface area contributed by atoms with Gasteiger partial charge in [-0.3, -0.25) is 19.7 Å². The molecule has 0 bridgehead atoms. The van der Waals surface area contributed by atoms with Gasteiger partial charge in [-0.2, -0.15) is 0 Å². The van der Waals surface area contributed by atoms with Gasteiger partial charge in [0.2, 0.25) is 11.8 Å². The minimum atomic E-state index is -0.533. The van der Waals surface area contributed by atoms with Gasteiger partial charge in [0.1, 0.15) is 5.75 Å². The molecule has 0 spiro atoms. The van der Waals surface area contributed by atoms with Gasteiger partial charge in [-0.1, -0.05) is 25.1 Å². The summed E-state index contributed by atoms with van der Waals surface area (Å²) in [6.07, 6.45) is 0.899. The smallest absolute Gasteiger partial charge is 0.273 e. The number of carbonyl (C=O) groups excluding carboxylic acids is 2. The molecule has 1 atom stereocenters. The molecular weight excluding hydrogens is 374 g/mol. The van der Waals surface area contributed by atoms with Gasteiger partial charge in [-0.15, -0.1) is 0 Å². The first-order valence-corrected chi connectivity index (χ1v) is 9.37. The Morgan fingerprint density at radius 2 is 2.10 bits per heavy atom. The fraction of sp³-hybridized carbons (Fsp3) is 0.333. The van der Waals surface area contributed by atoms with Crippen LogP contribution in [-0.4, -0.2) is 30.4 Å². The Hall–Kier alpha value is -3.42. The zero-order chi connectivity index (χ0) is 21.1. The number of ether oxygens (including phenoxy) is 1. The van der Waals surface area contributed by atoms with Crippen molar-refractivity contribution < 1.29 is 19.2 Å². The quantitative estimate of drug-likeness (QED) is 0.594. The third kappa shape index (κ3) is 4.06. The molecular formula is C21H23N3O5. The summed E-state index contributed by atoms with van der Waals surface area (Å²) in [6.45, 7) is 4.28. The first-order chi connectivity index (χ1) is 13.8.